The molecule has 0 bridgehead atoms. The highest BCUT2D eigenvalue weighted by molar-refractivity contribution is 9.10. The molecule has 1 N–H and O–H groups in total. The molecule has 138 valence electrons. The normalized spacial score (nSPS) is 15.7. The van der Waals surface area contributed by atoms with Gasteiger partial charge in [-0.1, -0.05) is 22.0 Å². The lowest BCUT2D eigenvalue weighted by Gasteiger charge is -2.34. The molecule has 0 saturated carbocycles. The van der Waals surface area contributed by atoms with E-state index in [-0.39, 0.29) is 24.0 Å². The van der Waals surface area contributed by atoms with E-state index in [1.807, 2.05) is 12.1 Å². The standard InChI is InChI=1S/C17H19BrN4O3S/c18-15-3-5-16(6-4-15)26(24,25)22-10-8-21(9-11-22)17(23)20-13-14-2-1-7-19-12-14/h1-7,12H,8-11,13H2,(H,20,23). The number of carbonyl (C=O) groups excluding carboxylic acids is 1. The Kier molecular flexibility index (Phi) is 5.90. The van der Waals surface area contributed by atoms with Crippen LogP contribution in [0.4, 0.5) is 4.79 Å². The summed E-state index contributed by atoms with van der Waals surface area (Å²) in [6.45, 7) is 1.66. The second-order valence-electron chi connectivity index (χ2n) is 5.87. The van der Waals surface area contributed by atoms with Gasteiger partial charge in [0, 0.05) is 49.6 Å². The van der Waals surface area contributed by atoms with E-state index in [2.05, 4.69) is 26.2 Å². The van der Waals surface area contributed by atoms with Crippen molar-refractivity contribution in [2.75, 3.05) is 26.2 Å². The quantitative estimate of drug-likeness (QED) is 0.791. The van der Waals surface area contributed by atoms with E-state index in [9.17, 15) is 13.2 Å². The third kappa shape index (κ3) is 4.40. The van der Waals surface area contributed by atoms with E-state index in [1.54, 1.807) is 41.6 Å². The average Bonchev–Trinajstić information content (AvgIpc) is 2.67. The summed E-state index contributed by atoms with van der Waals surface area (Å²) >= 11 is 3.30. The maximum Gasteiger partial charge on any atom is 0.317 e. The highest BCUT2D eigenvalue weighted by atomic mass is 79.9. The zero-order valence-electron chi connectivity index (χ0n) is 14.0. The van der Waals surface area contributed by atoms with Gasteiger partial charge in [0.2, 0.25) is 10.0 Å². The molecule has 0 aliphatic carbocycles. The molecule has 1 aromatic carbocycles. The van der Waals surface area contributed by atoms with Crippen LogP contribution in [0.1, 0.15) is 5.56 Å². The number of amides is 2. The number of nitrogens with one attached hydrogen (secondary N) is 1. The summed E-state index contributed by atoms with van der Waals surface area (Å²) in [7, 11) is -3.54. The second kappa shape index (κ2) is 8.15. The van der Waals surface area contributed by atoms with Gasteiger partial charge < -0.3 is 10.2 Å². The Hall–Kier alpha value is -1.97. The Labute approximate surface area is 161 Å². The first kappa shape index (κ1) is 18.8. The number of pyridine rings is 1. The average molecular weight is 439 g/mol. The van der Waals surface area contributed by atoms with Gasteiger partial charge in [-0.3, -0.25) is 4.98 Å². The van der Waals surface area contributed by atoms with Crippen LogP contribution in [0.3, 0.4) is 0 Å². The van der Waals surface area contributed by atoms with Gasteiger partial charge in [0.05, 0.1) is 4.90 Å². The lowest BCUT2D eigenvalue weighted by molar-refractivity contribution is 0.172. The maximum atomic E-state index is 12.7. The van der Waals surface area contributed by atoms with Gasteiger partial charge in [-0.15, -0.1) is 0 Å². The smallest absolute Gasteiger partial charge is 0.317 e. The van der Waals surface area contributed by atoms with Crippen molar-refractivity contribution in [1.29, 1.82) is 0 Å². The summed E-state index contributed by atoms with van der Waals surface area (Å²) in [5.74, 6) is 0. The van der Waals surface area contributed by atoms with Gasteiger partial charge in [0.25, 0.3) is 0 Å². The molecule has 1 saturated heterocycles. The molecule has 1 fully saturated rings. The van der Waals surface area contributed by atoms with Crippen molar-refractivity contribution in [3.63, 3.8) is 0 Å². The van der Waals surface area contributed by atoms with Crippen molar-refractivity contribution < 1.29 is 13.2 Å². The number of nitrogens with zero attached hydrogens (tertiary/aromatic N) is 3. The molecule has 0 unspecified atom stereocenters. The molecular weight excluding hydrogens is 420 g/mol. The van der Waals surface area contributed by atoms with E-state index < -0.39 is 10.0 Å². The van der Waals surface area contributed by atoms with Crippen LogP contribution in [0.2, 0.25) is 0 Å². The Balaban J connectivity index is 1.55. The number of rotatable bonds is 4. The van der Waals surface area contributed by atoms with Gasteiger partial charge in [-0.25, -0.2) is 13.2 Å². The summed E-state index contributed by atoms with van der Waals surface area (Å²) < 4.78 is 27.6. The Bertz CT molecular complexity index is 851. The highest BCUT2D eigenvalue weighted by Gasteiger charge is 2.29. The molecule has 1 aliphatic rings. The SMILES string of the molecule is O=C(NCc1cccnc1)N1CCN(S(=O)(=O)c2ccc(Br)cc2)CC1. The lowest BCUT2D eigenvalue weighted by atomic mass is 10.3. The summed E-state index contributed by atoms with van der Waals surface area (Å²) in [5, 5.41) is 2.83. The van der Waals surface area contributed by atoms with E-state index in [0.717, 1.165) is 10.0 Å². The van der Waals surface area contributed by atoms with Crippen LogP contribution in [0.25, 0.3) is 0 Å². The number of hydrogen-bond donors (Lipinski definition) is 1. The van der Waals surface area contributed by atoms with Crippen molar-refractivity contribution in [3.8, 4) is 0 Å². The largest absolute Gasteiger partial charge is 0.334 e. The van der Waals surface area contributed by atoms with Crippen molar-refractivity contribution >= 4 is 32.0 Å². The van der Waals surface area contributed by atoms with Crippen molar-refractivity contribution in [2.24, 2.45) is 0 Å². The fraction of sp³-hybridized carbons (Fsp3) is 0.294. The van der Waals surface area contributed by atoms with Crippen LogP contribution in [0.5, 0.6) is 0 Å². The third-order valence-corrected chi connectivity index (χ3v) is 6.59. The molecular formula is C17H19BrN4O3S. The molecule has 2 amide bonds. The van der Waals surface area contributed by atoms with Gasteiger partial charge >= 0.3 is 6.03 Å². The monoisotopic (exact) mass is 438 g/mol. The first-order valence-electron chi connectivity index (χ1n) is 8.14. The van der Waals surface area contributed by atoms with Crippen LogP contribution in [0.15, 0.2) is 58.2 Å². The van der Waals surface area contributed by atoms with Gasteiger partial charge in [-0.2, -0.15) is 4.31 Å². The Morgan fingerprint density at radius 1 is 1.12 bits per heavy atom. The molecule has 0 spiro atoms. The molecule has 3 rings (SSSR count). The third-order valence-electron chi connectivity index (χ3n) is 4.14. The first-order chi connectivity index (χ1) is 12.5. The molecule has 0 radical (unpaired) electrons. The first-order valence-corrected chi connectivity index (χ1v) is 10.4. The fourth-order valence-corrected chi connectivity index (χ4v) is 4.37. The van der Waals surface area contributed by atoms with Gasteiger partial charge in [-0.05, 0) is 35.9 Å². The molecule has 0 atom stereocenters. The van der Waals surface area contributed by atoms with Crippen LogP contribution < -0.4 is 5.32 Å². The fourth-order valence-electron chi connectivity index (χ4n) is 2.68. The van der Waals surface area contributed by atoms with Crippen LogP contribution in [-0.2, 0) is 16.6 Å². The van der Waals surface area contributed by atoms with E-state index >= 15 is 0 Å². The Morgan fingerprint density at radius 2 is 1.81 bits per heavy atom. The highest BCUT2D eigenvalue weighted by Crippen LogP contribution is 2.20. The molecule has 7 nitrogen and oxygen atoms in total. The Morgan fingerprint density at radius 3 is 2.42 bits per heavy atom. The molecule has 1 aliphatic heterocycles. The summed E-state index contributed by atoms with van der Waals surface area (Å²) in [5.41, 5.74) is 0.914. The summed E-state index contributed by atoms with van der Waals surface area (Å²) in [4.78, 5) is 18.1. The minimum absolute atomic E-state index is 0.199. The number of aromatic nitrogens is 1. The number of carbonyl (C=O) groups is 1. The minimum atomic E-state index is -3.54. The number of halogens is 1. The topological polar surface area (TPSA) is 82.6 Å². The molecule has 1 aromatic heterocycles. The summed E-state index contributed by atoms with van der Waals surface area (Å²) in [6, 6.07) is 10.1. The molecule has 2 aromatic rings. The van der Waals surface area contributed by atoms with Crippen molar-refractivity contribution in [3.05, 3.63) is 58.8 Å². The molecule has 9 heteroatoms. The second-order valence-corrected chi connectivity index (χ2v) is 8.72. The minimum Gasteiger partial charge on any atom is -0.334 e. The van der Waals surface area contributed by atoms with E-state index in [0.29, 0.717) is 19.6 Å². The van der Waals surface area contributed by atoms with Crippen molar-refractivity contribution in [2.45, 2.75) is 11.4 Å². The summed E-state index contributed by atoms with van der Waals surface area (Å²) in [6.07, 6.45) is 3.37. The van der Waals surface area contributed by atoms with Crippen LogP contribution >= 0.6 is 15.9 Å². The van der Waals surface area contributed by atoms with Crippen LogP contribution in [0, 0.1) is 0 Å². The number of piperazine rings is 1. The lowest BCUT2D eigenvalue weighted by Crippen LogP contribution is -2.52. The number of sulfonamides is 1. The predicted octanol–water partition coefficient (Wildman–Crippen LogP) is 2.06. The molecule has 26 heavy (non-hydrogen) atoms. The van der Waals surface area contributed by atoms with Crippen LogP contribution in [-0.4, -0.2) is 54.8 Å². The van der Waals surface area contributed by atoms with Gasteiger partial charge in [0.1, 0.15) is 0 Å². The van der Waals surface area contributed by atoms with Crippen molar-refractivity contribution in [1.82, 2.24) is 19.5 Å². The number of benzene rings is 1. The molecule has 2 heterocycles. The van der Waals surface area contributed by atoms with Gasteiger partial charge in [0.15, 0.2) is 0 Å². The predicted molar refractivity (Wildman–Crippen MR) is 101 cm³/mol. The number of urea groups is 1. The van der Waals surface area contributed by atoms with E-state index in [4.69, 9.17) is 0 Å². The zero-order chi connectivity index (χ0) is 18.6. The van der Waals surface area contributed by atoms with E-state index in [1.165, 1.54) is 4.31 Å². The maximum absolute atomic E-state index is 12.7. The number of hydrogen-bond acceptors (Lipinski definition) is 4. The zero-order valence-corrected chi connectivity index (χ0v) is 16.4.